The number of nitrogens with zero attached hydrogens (tertiary/aromatic N) is 1. The molecule has 104 valence electrons. The van der Waals surface area contributed by atoms with E-state index in [0.29, 0.717) is 12.2 Å². The Balaban J connectivity index is 2.32. The van der Waals surface area contributed by atoms with E-state index in [1.165, 1.54) is 12.1 Å². The van der Waals surface area contributed by atoms with E-state index in [9.17, 15) is 10.1 Å². The summed E-state index contributed by atoms with van der Waals surface area (Å²) in [4.78, 5) is 10.2. The van der Waals surface area contributed by atoms with Crippen LogP contribution in [0.3, 0.4) is 0 Å². The van der Waals surface area contributed by atoms with Crippen LogP contribution in [-0.2, 0) is 0 Å². The third kappa shape index (κ3) is 2.94. The molecular weight excluding hydrogens is 289 g/mol. The van der Waals surface area contributed by atoms with Gasteiger partial charge in [0.1, 0.15) is 0 Å². The molecule has 1 aliphatic rings. The second-order valence-electron chi connectivity index (χ2n) is 4.86. The van der Waals surface area contributed by atoms with Crippen molar-refractivity contribution >= 4 is 34.6 Å². The number of benzene rings is 1. The van der Waals surface area contributed by atoms with E-state index in [1.807, 2.05) is 0 Å². The molecule has 0 radical (unpaired) electrons. The van der Waals surface area contributed by atoms with Gasteiger partial charge in [0.05, 0.1) is 20.7 Å². The first kappa shape index (κ1) is 14.4. The van der Waals surface area contributed by atoms with Crippen LogP contribution < -0.4 is 11.1 Å². The lowest BCUT2D eigenvalue weighted by atomic mass is 9.97. The van der Waals surface area contributed by atoms with Crippen molar-refractivity contribution in [2.24, 2.45) is 5.73 Å². The van der Waals surface area contributed by atoms with Gasteiger partial charge in [-0.25, -0.2) is 0 Å². The maximum Gasteiger partial charge on any atom is 0.272 e. The smallest absolute Gasteiger partial charge is 0.272 e. The molecule has 3 N–H and O–H groups in total. The van der Waals surface area contributed by atoms with E-state index in [0.717, 1.165) is 25.7 Å². The summed E-state index contributed by atoms with van der Waals surface area (Å²) in [5, 5.41) is 14.5. The number of nitro benzene ring substituents is 1. The predicted molar refractivity (Wildman–Crippen MR) is 77.0 cm³/mol. The van der Waals surface area contributed by atoms with Gasteiger partial charge in [0.15, 0.2) is 0 Å². The van der Waals surface area contributed by atoms with Gasteiger partial charge in [-0.1, -0.05) is 36.0 Å². The largest absolute Gasteiger partial charge is 0.376 e. The molecule has 0 spiro atoms. The van der Waals surface area contributed by atoms with E-state index in [4.69, 9.17) is 28.9 Å². The molecule has 7 heteroatoms. The summed E-state index contributed by atoms with van der Waals surface area (Å²) in [6.45, 7) is 0.483. The van der Waals surface area contributed by atoms with Crippen LogP contribution >= 0.6 is 23.2 Å². The zero-order valence-electron chi connectivity index (χ0n) is 10.3. The molecule has 1 saturated carbocycles. The maximum absolute atomic E-state index is 10.7. The van der Waals surface area contributed by atoms with E-state index in [1.54, 1.807) is 0 Å². The molecule has 0 bridgehead atoms. The number of hydrogen-bond donors (Lipinski definition) is 2. The van der Waals surface area contributed by atoms with E-state index in [2.05, 4.69) is 5.32 Å². The van der Waals surface area contributed by atoms with Crippen molar-refractivity contribution < 1.29 is 4.92 Å². The van der Waals surface area contributed by atoms with Crippen molar-refractivity contribution in [3.8, 4) is 0 Å². The van der Waals surface area contributed by atoms with Gasteiger partial charge in [0.25, 0.3) is 5.69 Å². The van der Waals surface area contributed by atoms with Crippen molar-refractivity contribution in [2.45, 2.75) is 31.2 Å². The van der Waals surface area contributed by atoms with Gasteiger partial charge in [-0.05, 0) is 12.8 Å². The summed E-state index contributed by atoms with van der Waals surface area (Å²) >= 11 is 12.2. The Morgan fingerprint density at radius 1 is 1.32 bits per heavy atom. The quantitative estimate of drug-likeness (QED) is 0.658. The van der Waals surface area contributed by atoms with Gasteiger partial charge < -0.3 is 11.1 Å². The number of non-ortho nitro benzene ring substituents is 1. The lowest BCUT2D eigenvalue weighted by Gasteiger charge is -2.30. The zero-order chi connectivity index (χ0) is 14.0. The Hall–Kier alpha value is -1.04. The van der Waals surface area contributed by atoms with Crippen LogP contribution in [0.25, 0.3) is 0 Å². The third-order valence-corrected chi connectivity index (χ3v) is 4.18. The van der Waals surface area contributed by atoms with Gasteiger partial charge in [0.2, 0.25) is 0 Å². The van der Waals surface area contributed by atoms with Gasteiger partial charge >= 0.3 is 0 Å². The number of hydrogen-bond acceptors (Lipinski definition) is 4. The molecule has 1 aliphatic carbocycles. The first-order chi connectivity index (χ1) is 8.97. The van der Waals surface area contributed by atoms with Crippen LogP contribution in [-0.4, -0.2) is 17.0 Å². The van der Waals surface area contributed by atoms with Crippen molar-refractivity contribution in [2.75, 3.05) is 11.9 Å². The molecule has 1 fully saturated rings. The van der Waals surface area contributed by atoms with Crippen LogP contribution in [0.5, 0.6) is 0 Å². The van der Waals surface area contributed by atoms with Crippen LogP contribution in [0.2, 0.25) is 10.0 Å². The molecular formula is C12H15Cl2N3O2. The van der Waals surface area contributed by atoms with Gasteiger partial charge in [-0.15, -0.1) is 0 Å². The normalized spacial score (nSPS) is 17.4. The Labute approximate surface area is 121 Å². The standard InChI is InChI=1S/C12H15Cl2N3O2/c13-9-5-8(17(18)19)6-10(14)11(9)16-12(7-15)3-1-2-4-12/h5-6,16H,1-4,7,15H2. The monoisotopic (exact) mass is 303 g/mol. The highest BCUT2D eigenvalue weighted by Crippen LogP contribution is 2.40. The number of nitrogens with two attached hydrogens (primary N) is 1. The minimum absolute atomic E-state index is 0.117. The predicted octanol–water partition coefficient (Wildman–Crippen LogP) is 3.59. The van der Waals surface area contributed by atoms with Gasteiger partial charge in [-0.3, -0.25) is 10.1 Å². The summed E-state index contributed by atoms with van der Waals surface area (Å²) in [7, 11) is 0. The van der Waals surface area contributed by atoms with Crippen LogP contribution in [0.15, 0.2) is 12.1 Å². The Morgan fingerprint density at radius 2 is 1.84 bits per heavy atom. The van der Waals surface area contributed by atoms with Gasteiger partial charge in [-0.2, -0.15) is 0 Å². The highest BCUT2D eigenvalue weighted by molar-refractivity contribution is 6.39. The lowest BCUT2D eigenvalue weighted by Crippen LogP contribution is -2.42. The fraction of sp³-hybridized carbons (Fsp3) is 0.500. The number of rotatable bonds is 4. The SMILES string of the molecule is NCC1(Nc2c(Cl)cc([N+](=O)[O-])cc2Cl)CCCC1. The summed E-state index contributed by atoms with van der Waals surface area (Å²) in [6, 6.07) is 2.60. The topological polar surface area (TPSA) is 81.2 Å². The van der Waals surface area contributed by atoms with E-state index >= 15 is 0 Å². The summed E-state index contributed by atoms with van der Waals surface area (Å²) < 4.78 is 0. The minimum Gasteiger partial charge on any atom is -0.376 e. The van der Waals surface area contributed by atoms with Crippen LogP contribution in [0, 0.1) is 10.1 Å². The zero-order valence-corrected chi connectivity index (χ0v) is 11.8. The van der Waals surface area contributed by atoms with Crippen molar-refractivity contribution in [3.05, 3.63) is 32.3 Å². The first-order valence-corrected chi connectivity index (χ1v) is 6.85. The van der Waals surface area contributed by atoms with Crippen molar-refractivity contribution in [1.82, 2.24) is 0 Å². The van der Waals surface area contributed by atoms with E-state index in [-0.39, 0.29) is 21.3 Å². The molecule has 1 aromatic carbocycles. The summed E-state index contributed by atoms with van der Waals surface area (Å²) in [6.07, 6.45) is 4.11. The lowest BCUT2D eigenvalue weighted by molar-refractivity contribution is -0.384. The molecule has 1 aromatic rings. The third-order valence-electron chi connectivity index (χ3n) is 3.58. The second-order valence-corrected chi connectivity index (χ2v) is 5.67. The van der Waals surface area contributed by atoms with Crippen LogP contribution in [0.1, 0.15) is 25.7 Å². The van der Waals surface area contributed by atoms with Crippen molar-refractivity contribution in [1.29, 1.82) is 0 Å². The molecule has 0 unspecified atom stereocenters. The number of anilines is 1. The maximum atomic E-state index is 10.7. The average molecular weight is 304 g/mol. The minimum atomic E-state index is -0.518. The fourth-order valence-electron chi connectivity index (χ4n) is 2.48. The number of halogens is 2. The molecule has 0 atom stereocenters. The highest BCUT2D eigenvalue weighted by atomic mass is 35.5. The Bertz CT molecular complexity index is 479. The molecule has 0 amide bonds. The van der Waals surface area contributed by atoms with Crippen molar-refractivity contribution in [3.63, 3.8) is 0 Å². The average Bonchev–Trinajstić information content (AvgIpc) is 2.83. The fourth-order valence-corrected chi connectivity index (χ4v) is 3.05. The van der Waals surface area contributed by atoms with Gasteiger partial charge in [0, 0.05) is 24.2 Å². The summed E-state index contributed by atoms with van der Waals surface area (Å²) in [5.41, 5.74) is 6.05. The second kappa shape index (κ2) is 5.53. The molecule has 19 heavy (non-hydrogen) atoms. The molecule has 5 nitrogen and oxygen atoms in total. The van der Waals surface area contributed by atoms with E-state index < -0.39 is 4.92 Å². The van der Waals surface area contributed by atoms with Crippen LogP contribution in [0.4, 0.5) is 11.4 Å². The summed E-state index contributed by atoms with van der Waals surface area (Å²) in [5.74, 6) is 0. The number of nitro groups is 1. The molecule has 0 aromatic heterocycles. The first-order valence-electron chi connectivity index (χ1n) is 6.09. The Kier molecular flexibility index (Phi) is 4.18. The molecule has 2 rings (SSSR count). The highest BCUT2D eigenvalue weighted by Gasteiger charge is 2.33. The molecule has 0 saturated heterocycles. The molecule has 0 heterocycles. The Morgan fingerprint density at radius 3 is 2.26 bits per heavy atom. The molecule has 0 aliphatic heterocycles. The number of nitrogens with one attached hydrogen (secondary N) is 1.